The van der Waals surface area contributed by atoms with Gasteiger partial charge in [0.05, 0.1) is 5.52 Å². The number of fused-ring (bicyclic) bond motifs is 1. The standard InChI is InChI=1S/C17H22N2/c1-4-12-19(13-5-1)14-6-7-15-10-11-18-17-9-3-2-8-16(15)17/h2-3,8-11H,1,4-7,12-14H2. The first-order valence-electron chi connectivity index (χ1n) is 7.48. The minimum atomic E-state index is 1.12. The summed E-state index contributed by atoms with van der Waals surface area (Å²) in [6.45, 7) is 3.85. The fourth-order valence-corrected chi connectivity index (χ4v) is 3.05. The quantitative estimate of drug-likeness (QED) is 0.828. The molecule has 0 unspecified atom stereocenters. The fourth-order valence-electron chi connectivity index (χ4n) is 3.05. The molecule has 2 nitrogen and oxygen atoms in total. The molecule has 0 saturated carbocycles. The van der Waals surface area contributed by atoms with E-state index < -0.39 is 0 Å². The van der Waals surface area contributed by atoms with Crippen molar-refractivity contribution >= 4 is 10.9 Å². The van der Waals surface area contributed by atoms with E-state index in [9.17, 15) is 0 Å². The van der Waals surface area contributed by atoms with E-state index >= 15 is 0 Å². The normalized spacial score (nSPS) is 16.8. The fraction of sp³-hybridized carbons (Fsp3) is 0.471. The van der Waals surface area contributed by atoms with Crippen LogP contribution in [-0.4, -0.2) is 29.5 Å². The SMILES string of the molecule is c1ccc2c(CCCN3CCCCC3)ccnc2c1. The first-order valence-corrected chi connectivity index (χ1v) is 7.48. The Morgan fingerprint density at radius 2 is 1.84 bits per heavy atom. The van der Waals surface area contributed by atoms with Crippen molar-refractivity contribution in [3.63, 3.8) is 0 Å². The molecule has 0 aliphatic carbocycles. The Kier molecular flexibility index (Phi) is 4.09. The highest BCUT2D eigenvalue weighted by Crippen LogP contribution is 2.18. The maximum Gasteiger partial charge on any atom is 0.0704 e. The first-order chi connectivity index (χ1) is 9.43. The third-order valence-corrected chi connectivity index (χ3v) is 4.11. The van der Waals surface area contributed by atoms with E-state index in [1.165, 1.54) is 62.7 Å². The maximum absolute atomic E-state index is 4.43. The number of aryl methyl sites for hydroxylation is 1. The van der Waals surface area contributed by atoms with Gasteiger partial charge in [-0.05, 0) is 63.0 Å². The van der Waals surface area contributed by atoms with Gasteiger partial charge in [-0.2, -0.15) is 0 Å². The van der Waals surface area contributed by atoms with Crippen LogP contribution >= 0.6 is 0 Å². The molecule has 0 bridgehead atoms. The second kappa shape index (κ2) is 6.16. The Balaban J connectivity index is 1.62. The molecule has 2 heteroatoms. The lowest BCUT2D eigenvalue weighted by molar-refractivity contribution is 0.226. The van der Waals surface area contributed by atoms with Crippen LogP contribution in [0.5, 0.6) is 0 Å². The average Bonchev–Trinajstić information content (AvgIpc) is 2.49. The number of benzene rings is 1. The van der Waals surface area contributed by atoms with Crippen molar-refractivity contribution in [3.05, 3.63) is 42.1 Å². The molecule has 0 amide bonds. The van der Waals surface area contributed by atoms with Gasteiger partial charge in [-0.1, -0.05) is 24.6 Å². The Morgan fingerprint density at radius 3 is 2.74 bits per heavy atom. The van der Waals surface area contributed by atoms with E-state index in [1.54, 1.807) is 0 Å². The molecule has 100 valence electrons. The maximum atomic E-state index is 4.43. The number of likely N-dealkylation sites (tertiary alicyclic amines) is 1. The molecular formula is C17H22N2. The van der Waals surface area contributed by atoms with Gasteiger partial charge in [-0.3, -0.25) is 4.98 Å². The van der Waals surface area contributed by atoms with Crippen LogP contribution in [0, 0.1) is 0 Å². The van der Waals surface area contributed by atoms with Crippen LogP contribution < -0.4 is 0 Å². The number of piperidine rings is 1. The van der Waals surface area contributed by atoms with Gasteiger partial charge in [-0.15, -0.1) is 0 Å². The molecule has 1 aromatic heterocycles. The van der Waals surface area contributed by atoms with Gasteiger partial charge in [0, 0.05) is 11.6 Å². The van der Waals surface area contributed by atoms with Crippen molar-refractivity contribution in [2.75, 3.05) is 19.6 Å². The van der Waals surface area contributed by atoms with Crippen molar-refractivity contribution in [1.82, 2.24) is 9.88 Å². The number of para-hydroxylation sites is 1. The predicted molar refractivity (Wildman–Crippen MR) is 80.4 cm³/mol. The third-order valence-electron chi connectivity index (χ3n) is 4.11. The summed E-state index contributed by atoms with van der Waals surface area (Å²) in [6, 6.07) is 10.6. The van der Waals surface area contributed by atoms with Crippen molar-refractivity contribution < 1.29 is 0 Å². The molecule has 2 heterocycles. The van der Waals surface area contributed by atoms with Crippen LogP contribution in [0.1, 0.15) is 31.2 Å². The van der Waals surface area contributed by atoms with Gasteiger partial charge in [0.2, 0.25) is 0 Å². The van der Waals surface area contributed by atoms with E-state index in [4.69, 9.17) is 0 Å². The van der Waals surface area contributed by atoms with Crippen LogP contribution in [-0.2, 0) is 6.42 Å². The van der Waals surface area contributed by atoms with Gasteiger partial charge >= 0.3 is 0 Å². The minimum Gasteiger partial charge on any atom is -0.303 e. The summed E-state index contributed by atoms with van der Waals surface area (Å²) in [5.41, 5.74) is 2.57. The molecule has 2 aromatic rings. The number of hydrogen-bond donors (Lipinski definition) is 0. The van der Waals surface area contributed by atoms with E-state index in [0.29, 0.717) is 0 Å². The Bertz CT molecular complexity index is 524. The van der Waals surface area contributed by atoms with Gasteiger partial charge in [0.25, 0.3) is 0 Å². The zero-order valence-electron chi connectivity index (χ0n) is 11.5. The average molecular weight is 254 g/mol. The van der Waals surface area contributed by atoms with E-state index in [-0.39, 0.29) is 0 Å². The highest BCUT2D eigenvalue weighted by atomic mass is 15.1. The van der Waals surface area contributed by atoms with Crippen LogP contribution in [0.3, 0.4) is 0 Å². The van der Waals surface area contributed by atoms with Crippen molar-refractivity contribution in [2.24, 2.45) is 0 Å². The molecule has 0 atom stereocenters. The molecule has 0 N–H and O–H groups in total. The molecule has 0 spiro atoms. The molecular weight excluding hydrogens is 232 g/mol. The lowest BCUT2D eigenvalue weighted by Gasteiger charge is -2.26. The molecule has 0 radical (unpaired) electrons. The molecule has 3 rings (SSSR count). The number of pyridine rings is 1. The second-order valence-electron chi connectivity index (χ2n) is 5.49. The number of hydrogen-bond acceptors (Lipinski definition) is 2. The molecule has 1 aliphatic heterocycles. The van der Waals surface area contributed by atoms with Crippen molar-refractivity contribution in [3.8, 4) is 0 Å². The highest BCUT2D eigenvalue weighted by molar-refractivity contribution is 5.81. The monoisotopic (exact) mass is 254 g/mol. The van der Waals surface area contributed by atoms with Gasteiger partial charge in [0.1, 0.15) is 0 Å². The summed E-state index contributed by atoms with van der Waals surface area (Å²) in [7, 11) is 0. The lowest BCUT2D eigenvalue weighted by Crippen LogP contribution is -2.30. The van der Waals surface area contributed by atoms with Gasteiger partial charge in [0.15, 0.2) is 0 Å². The predicted octanol–water partition coefficient (Wildman–Crippen LogP) is 3.65. The van der Waals surface area contributed by atoms with Crippen LogP contribution in [0.25, 0.3) is 10.9 Å². The molecule has 1 saturated heterocycles. The molecule has 1 aliphatic rings. The summed E-state index contributed by atoms with van der Waals surface area (Å²) >= 11 is 0. The van der Waals surface area contributed by atoms with E-state index in [0.717, 1.165) is 5.52 Å². The molecule has 1 aromatic carbocycles. The number of nitrogens with zero attached hydrogens (tertiary/aromatic N) is 2. The summed E-state index contributed by atoms with van der Waals surface area (Å²) in [5, 5.41) is 1.32. The van der Waals surface area contributed by atoms with Gasteiger partial charge < -0.3 is 4.90 Å². The summed E-state index contributed by atoms with van der Waals surface area (Å²) in [6.07, 6.45) is 8.56. The largest absolute Gasteiger partial charge is 0.303 e. The Hall–Kier alpha value is -1.41. The Morgan fingerprint density at radius 1 is 1.00 bits per heavy atom. The summed E-state index contributed by atoms with van der Waals surface area (Å²) in [4.78, 5) is 7.05. The van der Waals surface area contributed by atoms with Crippen LogP contribution in [0.2, 0.25) is 0 Å². The van der Waals surface area contributed by atoms with Crippen LogP contribution in [0.15, 0.2) is 36.5 Å². The zero-order chi connectivity index (χ0) is 12.9. The van der Waals surface area contributed by atoms with Crippen LogP contribution in [0.4, 0.5) is 0 Å². The second-order valence-corrected chi connectivity index (χ2v) is 5.49. The first kappa shape index (κ1) is 12.6. The van der Waals surface area contributed by atoms with E-state index in [1.807, 2.05) is 6.20 Å². The highest BCUT2D eigenvalue weighted by Gasteiger charge is 2.09. The third kappa shape index (κ3) is 3.13. The zero-order valence-corrected chi connectivity index (χ0v) is 11.5. The topological polar surface area (TPSA) is 16.1 Å². The summed E-state index contributed by atoms with van der Waals surface area (Å²) < 4.78 is 0. The number of rotatable bonds is 4. The molecule has 1 fully saturated rings. The smallest absolute Gasteiger partial charge is 0.0704 e. The van der Waals surface area contributed by atoms with Crippen molar-refractivity contribution in [1.29, 1.82) is 0 Å². The molecule has 19 heavy (non-hydrogen) atoms. The van der Waals surface area contributed by atoms with Gasteiger partial charge in [-0.25, -0.2) is 0 Å². The van der Waals surface area contributed by atoms with Crippen molar-refractivity contribution in [2.45, 2.75) is 32.1 Å². The summed E-state index contributed by atoms with van der Waals surface area (Å²) in [5.74, 6) is 0. The van der Waals surface area contributed by atoms with E-state index in [2.05, 4.69) is 40.2 Å². The Labute approximate surface area is 115 Å². The minimum absolute atomic E-state index is 1.12. The number of aromatic nitrogens is 1. The lowest BCUT2D eigenvalue weighted by atomic mass is 10.0.